The minimum atomic E-state index is -1.76. The summed E-state index contributed by atoms with van der Waals surface area (Å²) in [4.78, 5) is 32.0. The molecule has 2 aromatic rings. The number of likely N-dealkylation sites (tertiary alicyclic amines) is 3. The number of nitrogens with one attached hydrogen (secondary N) is 1. The zero-order chi connectivity index (χ0) is 27.9. The van der Waals surface area contributed by atoms with Crippen LogP contribution in [0.2, 0.25) is 5.02 Å². The maximum atomic E-state index is 13.6. The van der Waals surface area contributed by atoms with Crippen molar-refractivity contribution in [3.63, 3.8) is 0 Å². The molecule has 3 aliphatic heterocycles. The normalized spacial score (nSPS) is 21.9. The monoisotopic (exact) mass is 556 g/mol. The van der Waals surface area contributed by atoms with Gasteiger partial charge in [-0.25, -0.2) is 4.39 Å². The molecule has 0 aromatic heterocycles. The van der Waals surface area contributed by atoms with Gasteiger partial charge < -0.3 is 20.2 Å². The highest BCUT2D eigenvalue weighted by atomic mass is 35.5. The number of anilines is 1. The van der Waals surface area contributed by atoms with Crippen LogP contribution in [0.1, 0.15) is 56.0 Å². The molecular formula is C30H38ClFN4O3. The van der Waals surface area contributed by atoms with Crippen LogP contribution in [0.4, 0.5) is 10.1 Å². The fraction of sp³-hybridized carbons (Fsp3) is 0.533. The molecule has 0 saturated carbocycles. The van der Waals surface area contributed by atoms with E-state index < -0.39 is 11.4 Å². The first-order valence-corrected chi connectivity index (χ1v) is 14.2. The molecule has 0 radical (unpaired) electrons. The van der Waals surface area contributed by atoms with Crippen molar-refractivity contribution in [3.05, 3.63) is 64.4 Å². The van der Waals surface area contributed by atoms with Gasteiger partial charge in [-0.05, 0) is 67.5 Å². The molecule has 0 aliphatic carbocycles. The highest BCUT2D eigenvalue weighted by Crippen LogP contribution is 2.32. The average molecular weight is 557 g/mol. The summed E-state index contributed by atoms with van der Waals surface area (Å²) in [6.07, 6.45) is 2.65. The van der Waals surface area contributed by atoms with Crippen molar-refractivity contribution in [2.45, 2.75) is 57.7 Å². The van der Waals surface area contributed by atoms with Crippen LogP contribution < -0.4 is 5.32 Å². The van der Waals surface area contributed by atoms with Crippen LogP contribution in [0.15, 0.2) is 42.5 Å². The third-order valence-corrected chi connectivity index (χ3v) is 8.83. The number of aliphatic hydroxyl groups is 1. The first-order chi connectivity index (χ1) is 18.4. The topological polar surface area (TPSA) is 76.1 Å². The summed E-state index contributed by atoms with van der Waals surface area (Å²) < 4.78 is 13.6. The Bertz CT molecular complexity index is 1240. The molecule has 2 amide bonds. The number of rotatable bonds is 6. The smallest absolute Gasteiger partial charge is 0.258 e. The highest BCUT2D eigenvalue weighted by Gasteiger charge is 2.40. The molecule has 0 bridgehead atoms. The maximum Gasteiger partial charge on any atom is 0.258 e. The van der Waals surface area contributed by atoms with E-state index in [1.165, 1.54) is 25.1 Å². The van der Waals surface area contributed by atoms with E-state index in [1.54, 1.807) is 11.0 Å². The second-order valence-electron chi connectivity index (χ2n) is 12.2. The second-order valence-corrected chi connectivity index (χ2v) is 12.6. The van der Waals surface area contributed by atoms with Gasteiger partial charge in [0.1, 0.15) is 5.82 Å². The van der Waals surface area contributed by atoms with Gasteiger partial charge in [0.05, 0.1) is 16.6 Å². The van der Waals surface area contributed by atoms with Crippen molar-refractivity contribution in [1.29, 1.82) is 0 Å². The molecule has 2 aromatic carbocycles. The molecule has 0 spiro atoms. The predicted molar refractivity (Wildman–Crippen MR) is 150 cm³/mol. The molecule has 1 atom stereocenters. The van der Waals surface area contributed by atoms with Gasteiger partial charge in [0.15, 0.2) is 5.60 Å². The quantitative estimate of drug-likeness (QED) is 0.553. The van der Waals surface area contributed by atoms with Gasteiger partial charge >= 0.3 is 0 Å². The van der Waals surface area contributed by atoms with Gasteiger partial charge in [-0.15, -0.1) is 0 Å². The van der Waals surface area contributed by atoms with Gasteiger partial charge in [0, 0.05) is 51.0 Å². The molecule has 3 aliphatic rings. The molecule has 0 unspecified atom stereocenters. The number of carbonyl (C=O) groups is 2. The largest absolute Gasteiger partial charge is 0.380 e. The molecule has 3 heterocycles. The van der Waals surface area contributed by atoms with Gasteiger partial charge in [-0.1, -0.05) is 37.6 Å². The molecule has 210 valence electrons. The molecule has 39 heavy (non-hydrogen) atoms. The van der Waals surface area contributed by atoms with Crippen molar-refractivity contribution in [1.82, 2.24) is 14.7 Å². The van der Waals surface area contributed by atoms with Crippen LogP contribution >= 0.6 is 11.6 Å². The average Bonchev–Trinajstić information content (AvgIpc) is 3.25. The van der Waals surface area contributed by atoms with E-state index in [9.17, 15) is 19.1 Å². The lowest BCUT2D eigenvalue weighted by Crippen LogP contribution is -2.61. The molecular weight excluding hydrogens is 519 g/mol. The zero-order valence-corrected chi connectivity index (χ0v) is 23.7. The SMILES string of the molecule is CC1(C)CCN(C(=O)c2ccc(NC3CN(C4CCN(C(=O)[C@@](C)(O)c5cccc(F)c5)CC4)C3)cc2Cl)C1. The summed E-state index contributed by atoms with van der Waals surface area (Å²) >= 11 is 6.52. The predicted octanol–water partition coefficient (Wildman–Crippen LogP) is 4.35. The van der Waals surface area contributed by atoms with Crippen molar-refractivity contribution < 1.29 is 19.1 Å². The Labute approximate surface area is 234 Å². The number of hydrogen-bond acceptors (Lipinski definition) is 5. The summed E-state index contributed by atoms with van der Waals surface area (Å²) in [5.74, 6) is -0.866. The lowest BCUT2D eigenvalue weighted by atomic mass is 9.92. The number of benzene rings is 2. The summed E-state index contributed by atoms with van der Waals surface area (Å²) in [6, 6.07) is 11.8. The molecule has 7 nitrogen and oxygen atoms in total. The Hall–Kier alpha value is -2.68. The van der Waals surface area contributed by atoms with Crippen molar-refractivity contribution in [3.8, 4) is 0 Å². The standard InChI is InChI=1S/C30H38ClFN4O3/c1-29(2)11-14-35(19-29)27(37)25-8-7-22(16-26(25)31)33-23-17-36(18-23)24-9-12-34(13-10-24)28(38)30(3,39)20-5-4-6-21(32)15-20/h4-8,15-16,23-24,33,39H,9-14,17-19H2,1-3H3/t30-/m0/s1. The van der Waals surface area contributed by atoms with E-state index in [4.69, 9.17) is 11.6 Å². The summed E-state index contributed by atoms with van der Waals surface area (Å²) in [6.45, 7) is 10.2. The highest BCUT2D eigenvalue weighted by molar-refractivity contribution is 6.34. The van der Waals surface area contributed by atoms with Crippen LogP contribution in [0.25, 0.3) is 0 Å². The molecule has 2 N–H and O–H groups in total. The van der Waals surface area contributed by atoms with Gasteiger partial charge in [0.2, 0.25) is 0 Å². The van der Waals surface area contributed by atoms with Gasteiger partial charge in [-0.2, -0.15) is 0 Å². The summed E-state index contributed by atoms with van der Waals surface area (Å²) in [5.41, 5.74) is 0.112. The first-order valence-electron chi connectivity index (χ1n) is 13.8. The van der Waals surface area contributed by atoms with E-state index in [0.717, 1.165) is 51.1 Å². The Morgan fingerprint density at radius 1 is 1.08 bits per heavy atom. The van der Waals surface area contributed by atoms with Crippen LogP contribution in [-0.4, -0.2) is 83.0 Å². The number of halogens is 2. The molecule has 9 heteroatoms. The Morgan fingerprint density at radius 3 is 2.41 bits per heavy atom. The Morgan fingerprint density at radius 2 is 1.79 bits per heavy atom. The second kappa shape index (κ2) is 10.7. The van der Waals surface area contributed by atoms with E-state index in [-0.39, 0.29) is 28.8 Å². The van der Waals surface area contributed by atoms with Gasteiger partial charge in [0.25, 0.3) is 11.8 Å². The molecule has 5 rings (SSSR count). The van der Waals surface area contributed by atoms with Crippen LogP contribution in [0, 0.1) is 11.2 Å². The summed E-state index contributed by atoms with van der Waals surface area (Å²) in [7, 11) is 0. The number of nitrogens with zero attached hydrogens (tertiary/aromatic N) is 3. The Balaban J connectivity index is 1.09. The van der Waals surface area contributed by atoms with Crippen LogP contribution in [0.5, 0.6) is 0 Å². The molecule has 3 saturated heterocycles. The van der Waals surface area contributed by atoms with E-state index in [2.05, 4.69) is 24.1 Å². The maximum absolute atomic E-state index is 13.6. The number of hydrogen-bond donors (Lipinski definition) is 2. The number of carbonyl (C=O) groups excluding carboxylic acids is 2. The van der Waals surface area contributed by atoms with Crippen molar-refractivity contribution >= 4 is 29.1 Å². The lowest BCUT2D eigenvalue weighted by molar-refractivity contribution is -0.152. The fourth-order valence-electron chi connectivity index (χ4n) is 6.03. The fourth-order valence-corrected chi connectivity index (χ4v) is 6.29. The molecule has 3 fully saturated rings. The minimum Gasteiger partial charge on any atom is -0.380 e. The van der Waals surface area contributed by atoms with Gasteiger partial charge in [-0.3, -0.25) is 14.5 Å². The third kappa shape index (κ3) is 5.93. The van der Waals surface area contributed by atoms with Crippen LogP contribution in [-0.2, 0) is 10.4 Å². The minimum absolute atomic E-state index is 0.00536. The Kier molecular flexibility index (Phi) is 7.65. The van der Waals surface area contributed by atoms with E-state index in [1.807, 2.05) is 23.1 Å². The lowest BCUT2D eigenvalue weighted by Gasteiger charge is -2.48. The number of amides is 2. The first kappa shape index (κ1) is 27.9. The third-order valence-electron chi connectivity index (χ3n) is 8.52. The van der Waals surface area contributed by atoms with E-state index in [0.29, 0.717) is 29.7 Å². The zero-order valence-electron chi connectivity index (χ0n) is 22.9. The van der Waals surface area contributed by atoms with E-state index >= 15 is 0 Å². The van der Waals surface area contributed by atoms with Crippen LogP contribution in [0.3, 0.4) is 0 Å². The summed E-state index contributed by atoms with van der Waals surface area (Å²) in [5, 5.41) is 14.9. The number of piperidine rings is 1. The van der Waals surface area contributed by atoms with Crippen molar-refractivity contribution in [2.24, 2.45) is 5.41 Å². The van der Waals surface area contributed by atoms with Crippen molar-refractivity contribution in [2.75, 3.05) is 44.6 Å².